The summed E-state index contributed by atoms with van der Waals surface area (Å²) in [6, 6.07) is 5.99. The Hall–Kier alpha value is -0.830. The van der Waals surface area contributed by atoms with Crippen LogP contribution in [0.2, 0.25) is 0 Å². The number of halogens is 1. The molecule has 0 spiro atoms. The highest BCUT2D eigenvalue weighted by atomic mass is 79.9. The number of aryl methyl sites for hydroxylation is 2. The highest BCUT2D eigenvalue weighted by Crippen LogP contribution is 2.23. The lowest BCUT2D eigenvalue weighted by Crippen LogP contribution is -1.99. The van der Waals surface area contributed by atoms with Crippen LogP contribution in [-0.4, -0.2) is 11.1 Å². The van der Waals surface area contributed by atoms with Crippen LogP contribution < -0.4 is 0 Å². The molecule has 14 heavy (non-hydrogen) atoms. The van der Waals surface area contributed by atoms with E-state index in [2.05, 4.69) is 22.9 Å². The molecule has 0 aromatic heterocycles. The van der Waals surface area contributed by atoms with Crippen molar-refractivity contribution in [3.63, 3.8) is 0 Å². The Balaban J connectivity index is 2.81. The van der Waals surface area contributed by atoms with Gasteiger partial charge in [-0.25, -0.2) is 0 Å². The predicted octanol–water partition coefficient (Wildman–Crippen LogP) is 3.03. The lowest BCUT2D eigenvalue weighted by Gasteiger charge is -2.06. The second kappa shape index (κ2) is 5.15. The van der Waals surface area contributed by atoms with Crippen LogP contribution in [0.1, 0.15) is 24.5 Å². The molecule has 0 atom stereocenters. The lowest BCUT2D eigenvalue weighted by molar-refractivity contribution is -0.136. The molecule has 1 N–H and O–H groups in total. The number of carboxylic acid groups (broad SMARTS) is 1. The molecule has 0 saturated heterocycles. The summed E-state index contributed by atoms with van der Waals surface area (Å²) in [4.78, 5) is 10.4. The Morgan fingerprint density at radius 1 is 1.43 bits per heavy atom. The van der Waals surface area contributed by atoms with E-state index in [1.807, 2.05) is 18.2 Å². The summed E-state index contributed by atoms with van der Waals surface area (Å²) >= 11 is 3.50. The fourth-order valence-electron chi connectivity index (χ4n) is 1.34. The molecule has 0 aliphatic carbocycles. The predicted molar refractivity (Wildman–Crippen MR) is 59.5 cm³/mol. The van der Waals surface area contributed by atoms with E-state index >= 15 is 0 Å². The van der Waals surface area contributed by atoms with E-state index in [1.165, 1.54) is 5.56 Å². The molecule has 0 saturated carbocycles. The minimum atomic E-state index is -0.751. The van der Waals surface area contributed by atoms with Crippen LogP contribution in [0.3, 0.4) is 0 Å². The van der Waals surface area contributed by atoms with Gasteiger partial charge in [-0.15, -0.1) is 0 Å². The van der Waals surface area contributed by atoms with E-state index in [-0.39, 0.29) is 6.42 Å². The van der Waals surface area contributed by atoms with Crippen molar-refractivity contribution in [2.45, 2.75) is 26.2 Å². The molecule has 76 valence electrons. The third kappa shape index (κ3) is 2.84. The molecule has 2 nitrogen and oxygen atoms in total. The Labute approximate surface area is 92.1 Å². The highest BCUT2D eigenvalue weighted by molar-refractivity contribution is 9.10. The van der Waals surface area contributed by atoms with Crippen molar-refractivity contribution >= 4 is 21.9 Å². The van der Waals surface area contributed by atoms with Gasteiger partial charge in [-0.2, -0.15) is 0 Å². The summed E-state index contributed by atoms with van der Waals surface area (Å²) in [7, 11) is 0. The van der Waals surface area contributed by atoms with Gasteiger partial charge >= 0.3 is 5.97 Å². The van der Waals surface area contributed by atoms with E-state index in [4.69, 9.17) is 5.11 Å². The van der Waals surface area contributed by atoms with Crippen molar-refractivity contribution in [2.24, 2.45) is 0 Å². The number of rotatable bonds is 4. The van der Waals surface area contributed by atoms with Gasteiger partial charge in [0, 0.05) is 10.9 Å². The Kier molecular flexibility index (Phi) is 4.14. The summed E-state index contributed by atoms with van der Waals surface area (Å²) in [5.41, 5.74) is 2.31. The summed E-state index contributed by atoms with van der Waals surface area (Å²) in [6.07, 6.45) is 1.73. The SMILES string of the molecule is CCc1cccc(CCC(=O)O)c1Br. The van der Waals surface area contributed by atoms with Gasteiger partial charge in [-0.1, -0.05) is 41.1 Å². The zero-order valence-electron chi connectivity index (χ0n) is 8.09. The molecule has 0 heterocycles. The molecule has 1 aromatic rings. The van der Waals surface area contributed by atoms with Crippen molar-refractivity contribution in [1.82, 2.24) is 0 Å². The summed E-state index contributed by atoms with van der Waals surface area (Å²) < 4.78 is 1.06. The van der Waals surface area contributed by atoms with Crippen LogP contribution in [0.15, 0.2) is 22.7 Å². The number of hydrogen-bond acceptors (Lipinski definition) is 1. The molecule has 0 radical (unpaired) electrons. The normalized spacial score (nSPS) is 10.1. The second-order valence-corrected chi connectivity index (χ2v) is 3.93. The van der Waals surface area contributed by atoms with Crippen LogP contribution in [0.5, 0.6) is 0 Å². The monoisotopic (exact) mass is 256 g/mol. The van der Waals surface area contributed by atoms with Crippen LogP contribution in [0, 0.1) is 0 Å². The first-order chi connectivity index (χ1) is 6.65. The van der Waals surface area contributed by atoms with Crippen molar-refractivity contribution < 1.29 is 9.90 Å². The Morgan fingerprint density at radius 2 is 2.07 bits per heavy atom. The molecule has 0 fully saturated rings. The molecule has 0 aliphatic rings. The fourth-order valence-corrected chi connectivity index (χ4v) is 2.08. The first kappa shape index (κ1) is 11.2. The van der Waals surface area contributed by atoms with Crippen molar-refractivity contribution in [1.29, 1.82) is 0 Å². The summed E-state index contributed by atoms with van der Waals surface area (Å²) in [5.74, 6) is -0.751. The van der Waals surface area contributed by atoms with Gasteiger partial charge in [-0.3, -0.25) is 4.79 Å². The van der Waals surface area contributed by atoms with Crippen molar-refractivity contribution in [2.75, 3.05) is 0 Å². The van der Waals surface area contributed by atoms with Gasteiger partial charge in [0.25, 0.3) is 0 Å². The molecule has 0 bridgehead atoms. The van der Waals surface area contributed by atoms with E-state index in [9.17, 15) is 4.79 Å². The van der Waals surface area contributed by atoms with Gasteiger partial charge in [0.05, 0.1) is 0 Å². The third-order valence-corrected chi connectivity index (χ3v) is 3.17. The number of carbonyl (C=O) groups is 1. The Morgan fingerprint density at radius 3 is 2.64 bits per heavy atom. The first-order valence-electron chi connectivity index (χ1n) is 4.63. The summed E-state index contributed by atoms with van der Waals surface area (Å²) in [6.45, 7) is 2.08. The minimum absolute atomic E-state index is 0.186. The molecule has 1 aromatic carbocycles. The van der Waals surface area contributed by atoms with Crippen molar-refractivity contribution in [3.05, 3.63) is 33.8 Å². The van der Waals surface area contributed by atoms with Crippen molar-refractivity contribution in [3.8, 4) is 0 Å². The number of hydrogen-bond donors (Lipinski definition) is 1. The lowest BCUT2D eigenvalue weighted by atomic mass is 10.1. The molecule has 3 heteroatoms. The largest absolute Gasteiger partial charge is 0.481 e. The van der Waals surface area contributed by atoms with E-state index < -0.39 is 5.97 Å². The smallest absolute Gasteiger partial charge is 0.303 e. The number of aliphatic carboxylic acids is 1. The zero-order valence-corrected chi connectivity index (χ0v) is 9.67. The van der Waals surface area contributed by atoms with Gasteiger partial charge in [-0.05, 0) is 24.0 Å². The van der Waals surface area contributed by atoms with Crippen LogP contribution >= 0.6 is 15.9 Å². The van der Waals surface area contributed by atoms with Crippen LogP contribution in [0.4, 0.5) is 0 Å². The third-order valence-electron chi connectivity index (χ3n) is 2.15. The molecular formula is C11H13BrO2. The average molecular weight is 257 g/mol. The van der Waals surface area contributed by atoms with Crippen LogP contribution in [0.25, 0.3) is 0 Å². The Bertz CT molecular complexity index is 334. The fraction of sp³-hybridized carbons (Fsp3) is 0.364. The topological polar surface area (TPSA) is 37.3 Å². The molecule has 1 rings (SSSR count). The van der Waals surface area contributed by atoms with E-state index in [1.54, 1.807) is 0 Å². The second-order valence-electron chi connectivity index (χ2n) is 3.14. The van der Waals surface area contributed by atoms with Gasteiger partial charge < -0.3 is 5.11 Å². The summed E-state index contributed by atoms with van der Waals surface area (Å²) in [5, 5.41) is 8.58. The minimum Gasteiger partial charge on any atom is -0.481 e. The van der Waals surface area contributed by atoms with Gasteiger partial charge in [0.1, 0.15) is 0 Å². The molecular weight excluding hydrogens is 244 g/mol. The maximum Gasteiger partial charge on any atom is 0.303 e. The number of benzene rings is 1. The average Bonchev–Trinajstić information content (AvgIpc) is 2.16. The van der Waals surface area contributed by atoms with Gasteiger partial charge in [0.2, 0.25) is 0 Å². The van der Waals surface area contributed by atoms with E-state index in [0.717, 1.165) is 16.5 Å². The number of carboxylic acids is 1. The standard InChI is InChI=1S/C11H13BrO2/c1-2-8-4-3-5-9(11(8)12)6-7-10(13)14/h3-5H,2,6-7H2,1H3,(H,13,14). The van der Waals surface area contributed by atoms with Gasteiger partial charge in [0.15, 0.2) is 0 Å². The molecule has 0 aliphatic heterocycles. The van der Waals surface area contributed by atoms with E-state index in [0.29, 0.717) is 6.42 Å². The zero-order chi connectivity index (χ0) is 10.6. The molecule has 0 amide bonds. The maximum atomic E-state index is 10.4. The highest BCUT2D eigenvalue weighted by Gasteiger charge is 2.05. The van der Waals surface area contributed by atoms with Crippen LogP contribution in [-0.2, 0) is 17.6 Å². The maximum absolute atomic E-state index is 10.4. The first-order valence-corrected chi connectivity index (χ1v) is 5.42. The quantitative estimate of drug-likeness (QED) is 0.900. The molecule has 0 unspecified atom stereocenters.